The van der Waals surface area contributed by atoms with Crippen LogP contribution in [0, 0.1) is 6.92 Å². The predicted octanol–water partition coefficient (Wildman–Crippen LogP) is 1.97. The lowest BCUT2D eigenvalue weighted by Crippen LogP contribution is -2.11. The van der Waals surface area contributed by atoms with E-state index in [0.29, 0.717) is 24.1 Å². The van der Waals surface area contributed by atoms with Crippen molar-refractivity contribution in [3.8, 4) is 5.75 Å². The van der Waals surface area contributed by atoms with Gasteiger partial charge in [-0.1, -0.05) is 0 Å². The van der Waals surface area contributed by atoms with Gasteiger partial charge in [0.2, 0.25) is 0 Å². The number of nitrogens with two attached hydrogens (primary N) is 1. The molecule has 0 unspecified atom stereocenters. The van der Waals surface area contributed by atoms with Crippen LogP contribution in [0.2, 0.25) is 0 Å². The van der Waals surface area contributed by atoms with Crippen LogP contribution in [-0.2, 0) is 11.3 Å². The van der Waals surface area contributed by atoms with E-state index in [1.165, 1.54) is 0 Å². The molecular weight excluding hydrogens is 270 g/mol. The van der Waals surface area contributed by atoms with Gasteiger partial charge >= 0.3 is 0 Å². The first kappa shape index (κ1) is 15.0. The van der Waals surface area contributed by atoms with E-state index < -0.39 is 0 Å². The first-order valence-electron chi connectivity index (χ1n) is 6.41. The average Bonchev–Trinajstić information content (AvgIpc) is 2.47. The molecule has 7 heteroatoms. The van der Waals surface area contributed by atoms with E-state index in [9.17, 15) is 0 Å². The van der Waals surface area contributed by atoms with Gasteiger partial charge in [0.1, 0.15) is 24.0 Å². The standard InChI is InChI=1S/C14H19N5O2/c1-9-6-10(4-5-11(9)21-3)16-12-7-13(19-15)18-14(17-12)8-20-2/h4-7H,8,15H2,1-3H3,(H2,16,17,18,19). The second-order valence-corrected chi connectivity index (χ2v) is 4.44. The Hall–Kier alpha value is -2.38. The van der Waals surface area contributed by atoms with E-state index in [4.69, 9.17) is 15.3 Å². The molecule has 0 aliphatic rings. The first-order valence-corrected chi connectivity index (χ1v) is 6.41. The van der Waals surface area contributed by atoms with E-state index in [-0.39, 0.29) is 0 Å². The topological polar surface area (TPSA) is 94.3 Å². The second-order valence-electron chi connectivity index (χ2n) is 4.44. The van der Waals surface area contributed by atoms with E-state index in [1.807, 2.05) is 25.1 Å². The van der Waals surface area contributed by atoms with Gasteiger partial charge in [0.25, 0.3) is 0 Å². The Balaban J connectivity index is 2.25. The number of nitrogens with zero attached hydrogens (tertiary/aromatic N) is 2. The maximum atomic E-state index is 5.41. The molecule has 0 amide bonds. The zero-order chi connectivity index (χ0) is 15.2. The van der Waals surface area contributed by atoms with Crippen LogP contribution in [0.15, 0.2) is 24.3 Å². The van der Waals surface area contributed by atoms with Crippen molar-refractivity contribution < 1.29 is 9.47 Å². The van der Waals surface area contributed by atoms with Gasteiger partial charge < -0.3 is 20.2 Å². The van der Waals surface area contributed by atoms with Gasteiger partial charge in [0, 0.05) is 18.9 Å². The predicted molar refractivity (Wildman–Crippen MR) is 81.6 cm³/mol. The molecule has 1 aromatic heterocycles. The Morgan fingerprint density at radius 2 is 1.90 bits per heavy atom. The highest BCUT2D eigenvalue weighted by Crippen LogP contribution is 2.24. The number of hydrazine groups is 1. The number of methoxy groups -OCH3 is 2. The number of aryl methyl sites for hydroxylation is 1. The molecule has 0 aliphatic carbocycles. The molecule has 0 fully saturated rings. The van der Waals surface area contributed by atoms with Crippen molar-refractivity contribution in [1.82, 2.24) is 9.97 Å². The SMILES string of the molecule is COCc1nc(NN)cc(Nc2ccc(OC)c(C)c2)n1. The maximum Gasteiger partial charge on any atom is 0.158 e. The number of rotatable bonds is 6. The van der Waals surface area contributed by atoms with Crippen LogP contribution in [0.1, 0.15) is 11.4 Å². The van der Waals surface area contributed by atoms with Crippen molar-refractivity contribution in [1.29, 1.82) is 0 Å². The molecule has 2 aromatic rings. The average molecular weight is 289 g/mol. The fourth-order valence-electron chi connectivity index (χ4n) is 1.93. The van der Waals surface area contributed by atoms with Crippen LogP contribution in [0.4, 0.5) is 17.3 Å². The fourth-order valence-corrected chi connectivity index (χ4v) is 1.93. The molecule has 0 spiro atoms. The van der Waals surface area contributed by atoms with E-state index >= 15 is 0 Å². The van der Waals surface area contributed by atoms with Gasteiger partial charge in [0.05, 0.1) is 7.11 Å². The molecule has 1 heterocycles. The number of hydrogen-bond acceptors (Lipinski definition) is 7. The molecule has 112 valence electrons. The molecule has 2 rings (SSSR count). The number of ether oxygens (including phenoxy) is 2. The minimum absolute atomic E-state index is 0.311. The van der Waals surface area contributed by atoms with Crippen molar-refractivity contribution in [3.05, 3.63) is 35.7 Å². The summed E-state index contributed by atoms with van der Waals surface area (Å²) >= 11 is 0. The summed E-state index contributed by atoms with van der Waals surface area (Å²) < 4.78 is 10.3. The van der Waals surface area contributed by atoms with E-state index in [1.54, 1.807) is 20.3 Å². The van der Waals surface area contributed by atoms with Crippen molar-refractivity contribution in [2.24, 2.45) is 5.84 Å². The number of nitrogens with one attached hydrogen (secondary N) is 2. The Bertz CT molecular complexity index is 618. The Morgan fingerprint density at radius 3 is 2.52 bits per heavy atom. The van der Waals surface area contributed by atoms with Gasteiger partial charge in [-0.2, -0.15) is 0 Å². The lowest BCUT2D eigenvalue weighted by atomic mass is 10.2. The third-order valence-corrected chi connectivity index (χ3v) is 2.86. The van der Waals surface area contributed by atoms with Gasteiger partial charge in [-0.05, 0) is 30.7 Å². The number of nitrogen functional groups attached to an aromatic ring is 1. The number of aromatic nitrogens is 2. The van der Waals surface area contributed by atoms with Crippen molar-refractivity contribution in [2.75, 3.05) is 25.0 Å². The van der Waals surface area contributed by atoms with Gasteiger partial charge in [-0.3, -0.25) is 0 Å². The molecule has 0 aliphatic heterocycles. The lowest BCUT2D eigenvalue weighted by Gasteiger charge is -2.11. The zero-order valence-corrected chi connectivity index (χ0v) is 12.3. The Kier molecular flexibility index (Phi) is 4.91. The second kappa shape index (κ2) is 6.87. The van der Waals surface area contributed by atoms with Crippen molar-refractivity contribution >= 4 is 17.3 Å². The van der Waals surface area contributed by atoms with E-state index in [0.717, 1.165) is 17.0 Å². The van der Waals surface area contributed by atoms with Gasteiger partial charge in [0.15, 0.2) is 5.82 Å². The van der Waals surface area contributed by atoms with Crippen LogP contribution >= 0.6 is 0 Å². The highest BCUT2D eigenvalue weighted by molar-refractivity contribution is 5.61. The monoisotopic (exact) mass is 289 g/mol. The molecule has 7 nitrogen and oxygen atoms in total. The van der Waals surface area contributed by atoms with Crippen molar-refractivity contribution in [2.45, 2.75) is 13.5 Å². The Morgan fingerprint density at radius 1 is 1.14 bits per heavy atom. The van der Waals surface area contributed by atoms with Crippen LogP contribution in [0.3, 0.4) is 0 Å². The summed E-state index contributed by atoms with van der Waals surface area (Å²) in [5.41, 5.74) is 4.45. The van der Waals surface area contributed by atoms with Crippen LogP contribution in [0.25, 0.3) is 0 Å². The molecule has 21 heavy (non-hydrogen) atoms. The largest absolute Gasteiger partial charge is 0.496 e. The van der Waals surface area contributed by atoms with Crippen LogP contribution in [-0.4, -0.2) is 24.2 Å². The quantitative estimate of drug-likeness (QED) is 0.553. The number of hydrogen-bond donors (Lipinski definition) is 3. The fraction of sp³-hybridized carbons (Fsp3) is 0.286. The zero-order valence-electron chi connectivity index (χ0n) is 12.3. The summed E-state index contributed by atoms with van der Waals surface area (Å²) in [5, 5.41) is 3.21. The van der Waals surface area contributed by atoms with Crippen LogP contribution in [0.5, 0.6) is 5.75 Å². The summed E-state index contributed by atoms with van der Waals surface area (Å²) in [6, 6.07) is 7.52. The van der Waals surface area contributed by atoms with Gasteiger partial charge in [-0.15, -0.1) is 0 Å². The van der Waals surface area contributed by atoms with Crippen molar-refractivity contribution in [3.63, 3.8) is 0 Å². The summed E-state index contributed by atoms with van der Waals surface area (Å²) in [4.78, 5) is 8.56. The van der Waals surface area contributed by atoms with E-state index in [2.05, 4.69) is 20.7 Å². The molecule has 0 atom stereocenters. The van der Waals surface area contributed by atoms with Crippen LogP contribution < -0.4 is 21.3 Å². The third-order valence-electron chi connectivity index (χ3n) is 2.86. The molecular formula is C14H19N5O2. The summed E-state index contributed by atoms with van der Waals surface area (Å²) in [5.74, 6) is 7.95. The Labute approximate surface area is 123 Å². The summed E-state index contributed by atoms with van der Waals surface area (Å²) in [6.07, 6.45) is 0. The molecule has 4 N–H and O–H groups in total. The molecule has 0 saturated carbocycles. The smallest absolute Gasteiger partial charge is 0.158 e. The number of anilines is 3. The minimum Gasteiger partial charge on any atom is -0.496 e. The normalized spacial score (nSPS) is 10.3. The summed E-state index contributed by atoms with van der Waals surface area (Å²) in [6.45, 7) is 2.29. The lowest BCUT2D eigenvalue weighted by molar-refractivity contribution is 0.178. The molecule has 0 radical (unpaired) electrons. The molecule has 0 bridgehead atoms. The molecule has 1 aromatic carbocycles. The highest BCUT2D eigenvalue weighted by Gasteiger charge is 2.06. The molecule has 0 saturated heterocycles. The number of benzene rings is 1. The first-order chi connectivity index (χ1) is 10.2. The minimum atomic E-state index is 0.311. The third kappa shape index (κ3) is 3.80. The summed E-state index contributed by atoms with van der Waals surface area (Å²) in [7, 11) is 3.24. The highest BCUT2D eigenvalue weighted by atomic mass is 16.5. The maximum absolute atomic E-state index is 5.41. The van der Waals surface area contributed by atoms with Gasteiger partial charge in [-0.25, -0.2) is 15.8 Å².